The van der Waals surface area contributed by atoms with Gasteiger partial charge in [0.15, 0.2) is 0 Å². The Balaban J connectivity index is 1.46. The largest absolute Gasteiger partial charge is 0.481 e. The summed E-state index contributed by atoms with van der Waals surface area (Å²) in [7, 11) is 2.04. The standard InChI is InChI=1S/C30H29FN4O4/c1-34-14-16-35(17-15-34)30(39)21-7-10-23(11-8-21)32-28(20-5-2-19(3-6-20)4-13-26(36)37)27-24-12-9-22(31)18-25(24)33-29(27)38/h2-3,5-12,18,32H,4,13-17H2,1H3,(H,33,38)(H,36,37)/b28-27-. The predicted octanol–water partition coefficient (Wildman–Crippen LogP) is 4.16. The van der Waals surface area contributed by atoms with Gasteiger partial charge in [-0.1, -0.05) is 24.3 Å². The molecule has 2 aliphatic rings. The summed E-state index contributed by atoms with van der Waals surface area (Å²) in [5, 5.41) is 15.1. The maximum Gasteiger partial charge on any atom is 0.303 e. The number of piperazine rings is 1. The Hall–Kier alpha value is -4.50. The van der Waals surface area contributed by atoms with E-state index in [9.17, 15) is 18.8 Å². The number of anilines is 2. The van der Waals surface area contributed by atoms with Crippen LogP contribution >= 0.6 is 0 Å². The van der Waals surface area contributed by atoms with E-state index in [-0.39, 0.29) is 18.2 Å². The molecule has 2 amide bonds. The van der Waals surface area contributed by atoms with Gasteiger partial charge in [-0.15, -0.1) is 0 Å². The summed E-state index contributed by atoms with van der Waals surface area (Å²) in [4.78, 5) is 41.0. The summed E-state index contributed by atoms with van der Waals surface area (Å²) < 4.78 is 13.9. The molecule has 0 radical (unpaired) electrons. The molecule has 3 aromatic carbocycles. The second-order valence-corrected chi connectivity index (χ2v) is 9.78. The van der Waals surface area contributed by atoms with Crippen molar-refractivity contribution >= 4 is 40.4 Å². The lowest BCUT2D eigenvalue weighted by Gasteiger charge is -2.32. The van der Waals surface area contributed by atoms with E-state index >= 15 is 0 Å². The first-order valence-corrected chi connectivity index (χ1v) is 12.8. The van der Waals surface area contributed by atoms with Gasteiger partial charge in [-0.05, 0) is 67.1 Å². The Labute approximate surface area is 225 Å². The average Bonchev–Trinajstić information content (AvgIpc) is 3.25. The molecule has 0 aromatic heterocycles. The van der Waals surface area contributed by atoms with Crippen LogP contribution in [0.4, 0.5) is 15.8 Å². The van der Waals surface area contributed by atoms with E-state index in [1.165, 1.54) is 12.1 Å². The summed E-state index contributed by atoms with van der Waals surface area (Å²) >= 11 is 0. The molecule has 0 spiro atoms. The Morgan fingerprint density at radius 3 is 2.28 bits per heavy atom. The number of rotatable bonds is 7. The third-order valence-corrected chi connectivity index (χ3v) is 7.04. The lowest BCUT2D eigenvalue weighted by Crippen LogP contribution is -2.47. The Morgan fingerprint density at radius 1 is 0.949 bits per heavy atom. The average molecular weight is 529 g/mol. The van der Waals surface area contributed by atoms with Crippen LogP contribution in [0.25, 0.3) is 11.3 Å². The van der Waals surface area contributed by atoms with Crippen molar-refractivity contribution in [3.8, 4) is 0 Å². The third-order valence-electron chi connectivity index (χ3n) is 7.04. The topological polar surface area (TPSA) is 102 Å². The molecule has 9 heteroatoms. The van der Waals surface area contributed by atoms with Crippen LogP contribution in [0.15, 0.2) is 66.7 Å². The van der Waals surface area contributed by atoms with Crippen LogP contribution in [0.1, 0.15) is 33.5 Å². The number of carbonyl (C=O) groups is 3. The number of halogens is 1. The molecular weight excluding hydrogens is 499 g/mol. The van der Waals surface area contributed by atoms with Crippen molar-refractivity contribution in [3.63, 3.8) is 0 Å². The number of amides is 2. The van der Waals surface area contributed by atoms with Crippen molar-refractivity contribution in [2.75, 3.05) is 43.9 Å². The molecule has 0 saturated carbocycles. The molecule has 0 aliphatic carbocycles. The fourth-order valence-electron chi connectivity index (χ4n) is 4.79. The number of hydrogen-bond donors (Lipinski definition) is 3. The lowest BCUT2D eigenvalue weighted by atomic mass is 9.98. The lowest BCUT2D eigenvalue weighted by molar-refractivity contribution is -0.137. The minimum atomic E-state index is -0.871. The van der Waals surface area contributed by atoms with Crippen molar-refractivity contribution in [1.29, 1.82) is 0 Å². The molecular formula is C30H29FN4O4. The molecule has 3 aromatic rings. The number of hydrogen-bond acceptors (Lipinski definition) is 5. The molecule has 1 fully saturated rings. The van der Waals surface area contributed by atoms with Crippen LogP contribution in [-0.4, -0.2) is 65.9 Å². The van der Waals surface area contributed by atoms with Crippen molar-refractivity contribution in [3.05, 3.63) is 94.8 Å². The second-order valence-electron chi connectivity index (χ2n) is 9.78. The second kappa shape index (κ2) is 11.1. The van der Waals surface area contributed by atoms with Gasteiger partial charge < -0.3 is 25.5 Å². The molecule has 8 nitrogen and oxygen atoms in total. The van der Waals surface area contributed by atoms with E-state index in [0.29, 0.717) is 58.8 Å². The van der Waals surface area contributed by atoms with Crippen LogP contribution in [0.2, 0.25) is 0 Å². The molecule has 3 N–H and O–H groups in total. The highest BCUT2D eigenvalue weighted by molar-refractivity contribution is 6.37. The van der Waals surface area contributed by atoms with Gasteiger partial charge in [0.1, 0.15) is 5.82 Å². The van der Waals surface area contributed by atoms with Gasteiger partial charge in [0.05, 0.1) is 17.0 Å². The monoisotopic (exact) mass is 528 g/mol. The maximum atomic E-state index is 13.9. The Morgan fingerprint density at radius 2 is 1.62 bits per heavy atom. The number of aliphatic carboxylic acids is 1. The number of carboxylic acid groups (broad SMARTS) is 1. The van der Waals surface area contributed by atoms with E-state index in [2.05, 4.69) is 15.5 Å². The smallest absolute Gasteiger partial charge is 0.303 e. The van der Waals surface area contributed by atoms with Gasteiger partial charge in [0, 0.05) is 49.4 Å². The number of aryl methyl sites for hydroxylation is 1. The third kappa shape index (κ3) is 5.83. The molecule has 2 heterocycles. The van der Waals surface area contributed by atoms with Crippen LogP contribution in [0.5, 0.6) is 0 Å². The van der Waals surface area contributed by atoms with Gasteiger partial charge in [0.25, 0.3) is 11.8 Å². The van der Waals surface area contributed by atoms with Crippen LogP contribution in [0, 0.1) is 5.82 Å². The number of benzene rings is 3. The first-order valence-electron chi connectivity index (χ1n) is 12.8. The predicted molar refractivity (Wildman–Crippen MR) is 148 cm³/mol. The molecule has 0 unspecified atom stereocenters. The fraction of sp³-hybridized carbons (Fsp3) is 0.233. The van der Waals surface area contributed by atoms with Gasteiger partial charge in [-0.3, -0.25) is 14.4 Å². The van der Waals surface area contributed by atoms with E-state index in [4.69, 9.17) is 5.11 Å². The number of carboxylic acids is 1. The molecule has 5 rings (SSSR count). The van der Waals surface area contributed by atoms with Crippen molar-refractivity contribution in [1.82, 2.24) is 9.80 Å². The zero-order chi connectivity index (χ0) is 27.5. The van der Waals surface area contributed by atoms with E-state index in [0.717, 1.165) is 18.7 Å². The van der Waals surface area contributed by atoms with Crippen LogP contribution in [-0.2, 0) is 16.0 Å². The highest BCUT2D eigenvalue weighted by Gasteiger charge is 2.29. The van der Waals surface area contributed by atoms with E-state index in [1.807, 2.05) is 36.2 Å². The summed E-state index contributed by atoms with van der Waals surface area (Å²) in [6, 6.07) is 18.6. The van der Waals surface area contributed by atoms with Crippen molar-refractivity contribution in [2.45, 2.75) is 12.8 Å². The number of nitrogens with zero attached hydrogens (tertiary/aromatic N) is 2. The van der Waals surface area contributed by atoms with E-state index in [1.54, 1.807) is 30.3 Å². The minimum absolute atomic E-state index is 0.0173. The zero-order valence-corrected chi connectivity index (χ0v) is 21.5. The highest BCUT2D eigenvalue weighted by atomic mass is 19.1. The van der Waals surface area contributed by atoms with Gasteiger partial charge in [0.2, 0.25) is 0 Å². The molecule has 2 aliphatic heterocycles. The van der Waals surface area contributed by atoms with Gasteiger partial charge >= 0.3 is 5.97 Å². The normalized spacial score (nSPS) is 16.5. The number of carbonyl (C=O) groups excluding carboxylic acids is 2. The minimum Gasteiger partial charge on any atom is -0.481 e. The van der Waals surface area contributed by atoms with Crippen LogP contribution < -0.4 is 10.6 Å². The first kappa shape index (κ1) is 26.1. The molecule has 200 valence electrons. The van der Waals surface area contributed by atoms with Crippen molar-refractivity contribution < 1.29 is 23.9 Å². The summed E-state index contributed by atoms with van der Waals surface area (Å²) in [6.45, 7) is 3.04. The molecule has 0 bridgehead atoms. The van der Waals surface area contributed by atoms with Crippen LogP contribution in [0.3, 0.4) is 0 Å². The summed E-state index contributed by atoms with van der Waals surface area (Å²) in [6.07, 6.45) is 0.409. The summed E-state index contributed by atoms with van der Waals surface area (Å²) in [5.74, 6) is -1.70. The van der Waals surface area contributed by atoms with Gasteiger partial charge in [-0.2, -0.15) is 0 Å². The Kier molecular flexibility index (Phi) is 7.42. The zero-order valence-electron chi connectivity index (χ0n) is 21.5. The summed E-state index contributed by atoms with van der Waals surface area (Å²) in [5.41, 5.74) is 4.65. The molecule has 39 heavy (non-hydrogen) atoms. The SMILES string of the molecule is CN1CCN(C(=O)c2ccc(N/C(=C3\C(=O)Nc4cc(F)ccc43)c3ccc(CCC(=O)O)cc3)cc2)CC1. The fourth-order valence-corrected chi connectivity index (χ4v) is 4.79. The number of likely N-dealkylation sites (N-methyl/N-ethyl adjacent to an activating group) is 1. The number of fused-ring (bicyclic) bond motifs is 1. The highest BCUT2D eigenvalue weighted by Crippen LogP contribution is 2.38. The molecule has 1 saturated heterocycles. The quantitative estimate of drug-likeness (QED) is 0.398. The van der Waals surface area contributed by atoms with Gasteiger partial charge in [-0.25, -0.2) is 4.39 Å². The maximum absolute atomic E-state index is 13.9. The first-order chi connectivity index (χ1) is 18.8. The molecule has 0 atom stereocenters. The van der Waals surface area contributed by atoms with E-state index < -0.39 is 11.8 Å². The number of nitrogens with one attached hydrogen (secondary N) is 2. The Bertz CT molecular complexity index is 1440. The van der Waals surface area contributed by atoms with Crippen molar-refractivity contribution in [2.24, 2.45) is 0 Å².